The second-order valence-corrected chi connectivity index (χ2v) is 9.31. The van der Waals surface area contributed by atoms with E-state index in [9.17, 15) is 9.18 Å². The Morgan fingerprint density at radius 3 is 2.71 bits per heavy atom. The number of aromatic nitrogens is 3. The molecule has 9 heteroatoms. The molecule has 2 aromatic heterocycles. The van der Waals surface area contributed by atoms with E-state index in [2.05, 4.69) is 15.5 Å². The quantitative estimate of drug-likeness (QED) is 0.281. The lowest BCUT2D eigenvalue weighted by molar-refractivity contribution is -0.113. The van der Waals surface area contributed by atoms with Crippen molar-refractivity contribution in [2.75, 3.05) is 18.2 Å². The minimum Gasteiger partial charge on any atom is -0.495 e. The van der Waals surface area contributed by atoms with E-state index >= 15 is 0 Å². The fourth-order valence-electron chi connectivity index (χ4n) is 4.20. The van der Waals surface area contributed by atoms with Gasteiger partial charge in [-0.05, 0) is 37.1 Å². The van der Waals surface area contributed by atoms with Crippen molar-refractivity contribution in [3.05, 3.63) is 66.5 Å². The molecule has 0 radical (unpaired) electrons. The number of benzene rings is 3. The molecule has 2 heterocycles. The molecule has 3 aromatic carbocycles. The fourth-order valence-corrected chi connectivity index (χ4v) is 5.00. The number of nitrogens with zero attached hydrogens (tertiary/aromatic N) is 3. The molecule has 0 spiro atoms. The Morgan fingerprint density at radius 2 is 1.91 bits per heavy atom. The van der Waals surface area contributed by atoms with Crippen molar-refractivity contribution in [2.24, 2.45) is 0 Å². The molecule has 0 unspecified atom stereocenters. The number of anilines is 1. The number of para-hydroxylation sites is 1. The lowest BCUT2D eigenvalue weighted by atomic mass is 10.1. The van der Waals surface area contributed by atoms with Crippen molar-refractivity contribution < 1.29 is 18.3 Å². The molecule has 1 aliphatic carbocycles. The number of halogens is 1. The van der Waals surface area contributed by atoms with Crippen LogP contribution in [0.15, 0.2) is 70.2 Å². The van der Waals surface area contributed by atoms with E-state index in [0.717, 1.165) is 29.2 Å². The highest BCUT2D eigenvalue weighted by atomic mass is 32.2. The minimum atomic E-state index is -0.343. The first-order valence-corrected chi connectivity index (χ1v) is 12.2. The summed E-state index contributed by atoms with van der Waals surface area (Å²) >= 11 is 1.28. The smallest absolute Gasteiger partial charge is 0.234 e. The normalized spacial score (nSPS) is 13.4. The molecule has 0 saturated heterocycles. The first kappa shape index (κ1) is 21.7. The predicted octanol–water partition coefficient (Wildman–Crippen LogP) is 6.06. The second kappa shape index (κ2) is 8.74. The molecular formula is C26H21FN4O3S. The summed E-state index contributed by atoms with van der Waals surface area (Å²) in [6.07, 6.45) is 1.96. The predicted molar refractivity (Wildman–Crippen MR) is 133 cm³/mol. The topological polar surface area (TPSA) is 82.2 Å². The van der Waals surface area contributed by atoms with E-state index in [4.69, 9.17) is 9.15 Å². The van der Waals surface area contributed by atoms with Crippen molar-refractivity contribution in [1.82, 2.24) is 14.8 Å². The molecule has 5 aromatic rings. The fraction of sp³-hybridized carbons (Fsp3) is 0.192. The molecule has 0 bridgehead atoms. The molecule has 0 aliphatic heterocycles. The molecule has 7 nitrogen and oxygen atoms in total. The van der Waals surface area contributed by atoms with Gasteiger partial charge < -0.3 is 14.5 Å². The van der Waals surface area contributed by atoms with E-state index in [1.54, 1.807) is 31.4 Å². The number of thioether (sulfide) groups is 1. The van der Waals surface area contributed by atoms with Crippen LogP contribution in [0.4, 0.5) is 10.1 Å². The second-order valence-electron chi connectivity index (χ2n) is 8.37. The average Bonchev–Trinajstić information content (AvgIpc) is 3.52. The van der Waals surface area contributed by atoms with Gasteiger partial charge in [-0.25, -0.2) is 4.39 Å². The van der Waals surface area contributed by atoms with E-state index in [1.165, 1.54) is 17.8 Å². The van der Waals surface area contributed by atoms with Crippen LogP contribution in [0.25, 0.3) is 33.3 Å². The lowest BCUT2D eigenvalue weighted by Gasteiger charge is -2.11. The van der Waals surface area contributed by atoms with Crippen LogP contribution in [0.2, 0.25) is 0 Å². The largest absolute Gasteiger partial charge is 0.495 e. The van der Waals surface area contributed by atoms with Gasteiger partial charge in [-0.3, -0.25) is 9.36 Å². The Balaban J connectivity index is 1.23. The SMILES string of the molecule is COc1cc2c(cc1NC(=O)CSc1nnc(-c3ccccc3F)n1C1CC1)oc1ccccc12. The molecule has 6 rings (SSSR count). The molecule has 1 N–H and O–H groups in total. The van der Waals surface area contributed by atoms with Gasteiger partial charge in [0.05, 0.1) is 24.1 Å². The molecule has 0 atom stereocenters. The summed E-state index contributed by atoms with van der Waals surface area (Å²) in [7, 11) is 1.57. The van der Waals surface area contributed by atoms with Gasteiger partial charge in [0, 0.05) is 22.9 Å². The first-order valence-electron chi connectivity index (χ1n) is 11.2. The molecule has 1 saturated carbocycles. The third-order valence-corrected chi connectivity index (χ3v) is 6.94. The van der Waals surface area contributed by atoms with E-state index < -0.39 is 0 Å². The lowest BCUT2D eigenvalue weighted by Crippen LogP contribution is -2.15. The minimum absolute atomic E-state index is 0.115. The average molecular weight is 489 g/mol. The van der Waals surface area contributed by atoms with Gasteiger partial charge >= 0.3 is 0 Å². The Hall–Kier alpha value is -3.85. The Bertz CT molecular complexity index is 1570. The standard InChI is InChI=1S/C26H21FN4O3S/c1-33-23-12-18-16-6-3-5-9-21(16)34-22(18)13-20(23)28-24(32)14-35-26-30-29-25(31(26)15-10-11-15)17-7-2-4-8-19(17)27/h2-9,12-13,15H,10-11,14H2,1H3,(H,28,32). The van der Waals surface area contributed by atoms with Crippen molar-refractivity contribution in [2.45, 2.75) is 24.0 Å². The van der Waals surface area contributed by atoms with Gasteiger partial charge in [-0.1, -0.05) is 42.1 Å². The number of rotatable bonds is 7. The Labute approximate surface area is 204 Å². The molecule has 35 heavy (non-hydrogen) atoms. The molecule has 1 amide bonds. The summed E-state index contributed by atoms with van der Waals surface area (Å²) in [6.45, 7) is 0. The van der Waals surface area contributed by atoms with E-state index in [1.807, 2.05) is 34.9 Å². The molecular weight excluding hydrogens is 467 g/mol. The van der Waals surface area contributed by atoms with Gasteiger partial charge in [-0.15, -0.1) is 10.2 Å². The van der Waals surface area contributed by atoms with Crippen LogP contribution < -0.4 is 10.1 Å². The van der Waals surface area contributed by atoms with Gasteiger partial charge in [0.25, 0.3) is 0 Å². The maximum Gasteiger partial charge on any atom is 0.234 e. The summed E-state index contributed by atoms with van der Waals surface area (Å²) in [4.78, 5) is 12.9. The van der Waals surface area contributed by atoms with Gasteiger partial charge in [0.1, 0.15) is 22.7 Å². The highest BCUT2D eigenvalue weighted by Gasteiger charge is 2.31. The van der Waals surface area contributed by atoms with Gasteiger partial charge in [0.2, 0.25) is 5.91 Å². The Kier molecular flexibility index (Phi) is 5.41. The van der Waals surface area contributed by atoms with Crippen LogP contribution >= 0.6 is 11.8 Å². The van der Waals surface area contributed by atoms with Gasteiger partial charge in [0.15, 0.2) is 11.0 Å². The monoisotopic (exact) mass is 488 g/mol. The maximum absolute atomic E-state index is 14.4. The first-order chi connectivity index (χ1) is 17.1. The number of carbonyl (C=O) groups excluding carboxylic acids is 1. The zero-order valence-corrected chi connectivity index (χ0v) is 19.6. The van der Waals surface area contributed by atoms with Crippen molar-refractivity contribution in [1.29, 1.82) is 0 Å². The van der Waals surface area contributed by atoms with Crippen LogP contribution in [-0.2, 0) is 4.79 Å². The number of nitrogens with one attached hydrogen (secondary N) is 1. The van der Waals surface area contributed by atoms with Crippen molar-refractivity contribution in [3.8, 4) is 17.1 Å². The summed E-state index contributed by atoms with van der Waals surface area (Å²) in [5, 5.41) is 13.9. The number of furan rings is 1. The van der Waals surface area contributed by atoms with Crippen LogP contribution in [0.3, 0.4) is 0 Å². The zero-order chi connectivity index (χ0) is 23.9. The third-order valence-electron chi connectivity index (χ3n) is 6.00. The van der Waals surface area contributed by atoms with E-state index in [0.29, 0.717) is 33.6 Å². The molecule has 1 fully saturated rings. The van der Waals surface area contributed by atoms with Crippen LogP contribution in [0.1, 0.15) is 18.9 Å². The number of carbonyl (C=O) groups is 1. The maximum atomic E-state index is 14.4. The van der Waals surface area contributed by atoms with Crippen molar-refractivity contribution in [3.63, 3.8) is 0 Å². The number of hydrogen-bond acceptors (Lipinski definition) is 6. The summed E-state index contributed by atoms with van der Waals surface area (Å²) in [5.74, 6) is 0.588. The van der Waals surface area contributed by atoms with Crippen LogP contribution in [0, 0.1) is 5.82 Å². The van der Waals surface area contributed by atoms with E-state index in [-0.39, 0.29) is 23.5 Å². The molecule has 176 valence electrons. The summed E-state index contributed by atoms with van der Waals surface area (Å²) in [6, 6.07) is 18.2. The third kappa shape index (κ3) is 4.01. The molecule has 1 aliphatic rings. The Morgan fingerprint density at radius 1 is 1.11 bits per heavy atom. The summed E-state index contributed by atoms with van der Waals surface area (Å²) in [5.41, 5.74) is 2.37. The zero-order valence-electron chi connectivity index (χ0n) is 18.8. The highest BCUT2D eigenvalue weighted by molar-refractivity contribution is 7.99. The number of hydrogen-bond donors (Lipinski definition) is 1. The van der Waals surface area contributed by atoms with Crippen LogP contribution in [-0.4, -0.2) is 33.5 Å². The van der Waals surface area contributed by atoms with Crippen LogP contribution in [0.5, 0.6) is 5.75 Å². The number of methoxy groups -OCH3 is 1. The summed E-state index contributed by atoms with van der Waals surface area (Å²) < 4.78 is 27.8. The number of fused-ring (bicyclic) bond motifs is 3. The van der Waals surface area contributed by atoms with Crippen molar-refractivity contribution >= 4 is 45.3 Å². The van der Waals surface area contributed by atoms with Gasteiger partial charge in [-0.2, -0.15) is 0 Å². The number of ether oxygens (including phenoxy) is 1. The highest BCUT2D eigenvalue weighted by Crippen LogP contribution is 2.41. The number of amides is 1.